The van der Waals surface area contributed by atoms with Gasteiger partial charge in [0.15, 0.2) is 5.78 Å². The highest BCUT2D eigenvalue weighted by Crippen LogP contribution is 2.66. The lowest BCUT2D eigenvalue weighted by Gasteiger charge is -2.30. The van der Waals surface area contributed by atoms with Gasteiger partial charge in [0.05, 0.1) is 12.7 Å². The summed E-state index contributed by atoms with van der Waals surface area (Å²) in [6, 6.07) is 0.974. The summed E-state index contributed by atoms with van der Waals surface area (Å²) in [5, 5.41) is 0. The van der Waals surface area contributed by atoms with Gasteiger partial charge in [-0.25, -0.2) is 18.5 Å². The molecule has 1 saturated heterocycles. The van der Waals surface area contributed by atoms with Crippen molar-refractivity contribution in [2.45, 2.75) is 31.1 Å². The quantitative estimate of drug-likeness (QED) is 0.183. The number of carbonyl (C=O) groups is 1. The number of hydrogen-bond acceptors (Lipinski definition) is 11. The smallest absolute Gasteiger partial charge is 0.342 e. The Morgan fingerprint density at radius 1 is 1.22 bits per heavy atom. The predicted molar refractivity (Wildman–Crippen MR) is 102 cm³/mol. The lowest BCUT2D eigenvalue weighted by atomic mass is 10.0. The van der Waals surface area contributed by atoms with Crippen LogP contribution in [0.4, 0.5) is 0 Å². The minimum atomic E-state index is -5.70. The van der Waals surface area contributed by atoms with Crippen molar-refractivity contribution in [2.75, 3.05) is 13.2 Å². The van der Waals surface area contributed by atoms with Crippen LogP contribution in [-0.2, 0) is 42.1 Å². The van der Waals surface area contributed by atoms with Crippen LogP contribution in [0, 0.1) is 0 Å². The molecule has 4 atom stereocenters. The van der Waals surface area contributed by atoms with Gasteiger partial charge in [-0.15, -0.1) is 0 Å². The van der Waals surface area contributed by atoms with Gasteiger partial charge in [0.25, 0.3) is 5.56 Å². The Balaban J connectivity index is 2.17. The number of Topliss-reactive ketones (excluding diaryl/α,β-unsaturated/α-hetero) is 1. The molecule has 1 aromatic heterocycles. The van der Waals surface area contributed by atoms with Gasteiger partial charge in [0.2, 0.25) is 5.72 Å². The molecule has 20 heteroatoms. The molecule has 0 spiro atoms. The SMILES string of the molecule is NCCC(=O)[C@]1(n2ccc(=O)[nH]c2=O)CC[C@@H](COP(=O)(O)OP(=O)(O)OP(=O)(O)O)O1. The van der Waals surface area contributed by atoms with E-state index in [4.69, 9.17) is 25.2 Å². The number of aromatic nitrogens is 2. The van der Waals surface area contributed by atoms with E-state index in [-0.39, 0.29) is 25.8 Å². The molecule has 2 unspecified atom stereocenters. The summed E-state index contributed by atoms with van der Waals surface area (Å²) < 4.78 is 52.0. The lowest BCUT2D eigenvalue weighted by Crippen LogP contribution is -2.50. The summed E-state index contributed by atoms with van der Waals surface area (Å²) >= 11 is 0. The molecule has 0 radical (unpaired) electrons. The van der Waals surface area contributed by atoms with Gasteiger partial charge in [-0.3, -0.25) is 23.7 Å². The minimum absolute atomic E-state index is 0.0162. The van der Waals surface area contributed by atoms with Crippen LogP contribution in [0.25, 0.3) is 0 Å². The van der Waals surface area contributed by atoms with Crippen molar-refractivity contribution in [1.29, 1.82) is 0 Å². The molecule has 1 aliphatic rings. The topological polar surface area (TPSA) is 267 Å². The molecular weight excluding hydrogens is 503 g/mol. The maximum absolute atomic E-state index is 12.7. The zero-order valence-electron chi connectivity index (χ0n) is 16.0. The average Bonchev–Trinajstić information content (AvgIpc) is 3.02. The Bertz CT molecular complexity index is 1110. The third-order valence-corrected chi connectivity index (χ3v) is 7.83. The monoisotopic (exact) mass is 523 g/mol. The molecule has 0 bridgehead atoms. The third kappa shape index (κ3) is 7.09. The normalized spacial score (nSPS) is 25.2. The summed E-state index contributed by atoms with van der Waals surface area (Å²) in [5.41, 5.74) is 1.80. The van der Waals surface area contributed by atoms with Crippen molar-refractivity contribution in [1.82, 2.24) is 9.55 Å². The Kier molecular flexibility index (Phi) is 8.32. The van der Waals surface area contributed by atoms with Gasteiger partial charge < -0.3 is 30.0 Å². The summed E-state index contributed by atoms with van der Waals surface area (Å²) in [4.78, 5) is 73.9. The fourth-order valence-corrected chi connectivity index (χ4v) is 5.94. The van der Waals surface area contributed by atoms with Gasteiger partial charge in [-0.2, -0.15) is 8.62 Å². The average molecular weight is 523 g/mol. The number of phosphoric acid groups is 3. The molecule has 17 nitrogen and oxygen atoms in total. The van der Waals surface area contributed by atoms with Crippen molar-refractivity contribution in [3.8, 4) is 0 Å². The van der Waals surface area contributed by atoms with E-state index in [0.29, 0.717) is 0 Å². The van der Waals surface area contributed by atoms with E-state index >= 15 is 0 Å². The predicted octanol–water partition coefficient (Wildman–Crippen LogP) is -1.37. The highest BCUT2D eigenvalue weighted by atomic mass is 31.3. The molecular formula is C12H20N3O14P3. The fourth-order valence-electron chi connectivity index (χ4n) is 2.89. The number of aromatic amines is 1. The fraction of sp³-hybridized carbons (Fsp3) is 0.583. The van der Waals surface area contributed by atoms with Crippen LogP contribution in [0.5, 0.6) is 0 Å². The Labute approximate surface area is 178 Å². The van der Waals surface area contributed by atoms with Crippen LogP contribution >= 0.6 is 23.5 Å². The number of carbonyl (C=O) groups excluding carboxylic acids is 1. The van der Waals surface area contributed by atoms with Crippen molar-refractivity contribution >= 4 is 29.3 Å². The van der Waals surface area contributed by atoms with Crippen molar-refractivity contribution < 1.29 is 55.9 Å². The highest BCUT2D eigenvalue weighted by Gasteiger charge is 2.49. The first kappa shape index (κ1) is 26.9. The molecule has 0 aliphatic carbocycles. The van der Waals surface area contributed by atoms with E-state index in [9.17, 15) is 33.0 Å². The summed E-state index contributed by atoms with van der Waals surface area (Å²) in [7, 11) is -16.6. The van der Waals surface area contributed by atoms with Crippen LogP contribution < -0.4 is 17.0 Å². The summed E-state index contributed by atoms with van der Waals surface area (Å²) in [5.74, 6) is -0.630. The molecule has 32 heavy (non-hydrogen) atoms. The summed E-state index contributed by atoms with van der Waals surface area (Å²) in [6.07, 6.45) is -0.450. The minimum Gasteiger partial charge on any atom is -0.342 e. The van der Waals surface area contributed by atoms with E-state index in [2.05, 4.69) is 13.1 Å². The number of rotatable bonds is 11. The molecule has 1 aliphatic heterocycles. The van der Waals surface area contributed by atoms with Crippen LogP contribution in [0.3, 0.4) is 0 Å². The van der Waals surface area contributed by atoms with Crippen molar-refractivity contribution in [2.24, 2.45) is 5.73 Å². The Hall–Kier alpha value is -1.32. The van der Waals surface area contributed by atoms with Crippen LogP contribution in [0.15, 0.2) is 21.9 Å². The van der Waals surface area contributed by atoms with E-state index in [0.717, 1.165) is 16.8 Å². The molecule has 0 aromatic carbocycles. The first-order valence-corrected chi connectivity index (χ1v) is 13.1. The zero-order chi connectivity index (χ0) is 24.4. The standard InChI is InChI=1S/C12H20N3O14P3/c13-5-2-9(16)12(15-6-3-10(17)14-11(15)18)4-1-8(27-12)7-26-31(22,23)29-32(24,25)28-30(19,20)21/h3,6,8H,1-2,4-5,7,13H2,(H,22,23)(H,24,25)(H,14,17,18)(H2,19,20,21)/t8-,12-/m0/s1. The van der Waals surface area contributed by atoms with Gasteiger partial charge in [0.1, 0.15) is 0 Å². The maximum Gasteiger partial charge on any atom is 0.490 e. The molecule has 1 aromatic rings. The number of nitrogens with zero attached hydrogens (tertiary/aromatic N) is 1. The molecule has 1 fully saturated rings. The summed E-state index contributed by atoms with van der Waals surface area (Å²) in [6.45, 7) is -0.895. The number of hydrogen-bond donors (Lipinski definition) is 6. The zero-order valence-corrected chi connectivity index (χ0v) is 18.7. The molecule has 0 amide bonds. The Morgan fingerprint density at radius 3 is 2.44 bits per heavy atom. The first-order chi connectivity index (χ1) is 14.6. The molecule has 182 valence electrons. The van der Waals surface area contributed by atoms with Crippen LogP contribution in [0.1, 0.15) is 19.3 Å². The van der Waals surface area contributed by atoms with E-state index in [1.165, 1.54) is 0 Å². The Morgan fingerprint density at radius 2 is 1.88 bits per heavy atom. The first-order valence-electron chi connectivity index (χ1n) is 8.61. The van der Waals surface area contributed by atoms with Gasteiger partial charge in [-0.1, -0.05) is 0 Å². The maximum atomic E-state index is 12.7. The number of H-pyrrole nitrogens is 1. The van der Waals surface area contributed by atoms with E-state index in [1.54, 1.807) is 0 Å². The van der Waals surface area contributed by atoms with Gasteiger partial charge >= 0.3 is 29.2 Å². The molecule has 7 N–H and O–H groups in total. The van der Waals surface area contributed by atoms with Crippen molar-refractivity contribution in [3.63, 3.8) is 0 Å². The second-order valence-corrected chi connectivity index (χ2v) is 10.8. The second kappa shape index (κ2) is 9.89. The number of phosphoric ester groups is 1. The number of ketones is 1. The van der Waals surface area contributed by atoms with Gasteiger partial charge in [-0.05, 0) is 13.0 Å². The molecule has 0 saturated carbocycles. The van der Waals surface area contributed by atoms with E-state index in [1.807, 2.05) is 4.98 Å². The second-order valence-electron chi connectivity index (χ2n) is 6.39. The number of ether oxygens (including phenoxy) is 1. The number of nitrogens with one attached hydrogen (secondary N) is 1. The largest absolute Gasteiger partial charge is 0.490 e. The third-order valence-electron chi connectivity index (χ3n) is 4.03. The molecule has 2 rings (SSSR count). The van der Waals surface area contributed by atoms with Crippen molar-refractivity contribution in [3.05, 3.63) is 33.1 Å². The van der Waals surface area contributed by atoms with E-state index < -0.39 is 58.9 Å². The lowest BCUT2D eigenvalue weighted by molar-refractivity contribution is -0.160. The molecule has 2 heterocycles. The van der Waals surface area contributed by atoms with Gasteiger partial charge in [0, 0.05) is 25.1 Å². The number of nitrogens with two attached hydrogens (primary N) is 1. The van der Waals surface area contributed by atoms with Crippen LogP contribution in [0.2, 0.25) is 0 Å². The highest BCUT2D eigenvalue weighted by molar-refractivity contribution is 7.66. The van der Waals surface area contributed by atoms with Crippen LogP contribution in [-0.4, -0.2) is 54.2 Å².